The number of nitrogens with one attached hydrogen (secondary N) is 1. The minimum atomic E-state index is 0.636. The van der Waals surface area contributed by atoms with Gasteiger partial charge in [-0.2, -0.15) is 5.26 Å². The van der Waals surface area contributed by atoms with E-state index < -0.39 is 0 Å². The number of aromatic nitrogens is 2. The Kier molecular flexibility index (Phi) is 5.35. The number of imidazole rings is 1. The first kappa shape index (κ1) is 15.1. The maximum atomic E-state index is 9.03. The summed E-state index contributed by atoms with van der Waals surface area (Å²) in [5.74, 6) is 1.77. The van der Waals surface area contributed by atoms with Gasteiger partial charge in [-0.05, 0) is 31.2 Å². The summed E-state index contributed by atoms with van der Waals surface area (Å²) in [5.41, 5.74) is 1.61. The lowest BCUT2D eigenvalue weighted by atomic mass is 10.1. The fraction of sp³-hybridized carbons (Fsp3) is 0.375. The Morgan fingerprint density at radius 3 is 3.00 bits per heavy atom. The molecule has 0 bridgehead atoms. The van der Waals surface area contributed by atoms with E-state index in [9.17, 15) is 0 Å². The number of ether oxygens (including phenoxy) is 1. The Labute approximate surface area is 125 Å². The van der Waals surface area contributed by atoms with Gasteiger partial charge in [0.25, 0.3) is 0 Å². The molecule has 0 radical (unpaired) electrons. The molecular weight excluding hydrogens is 264 g/mol. The van der Waals surface area contributed by atoms with Crippen LogP contribution in [0.4, 0.5) is 0 Å². The molecule has 0 spiro atoms. The fourth-order valence-electron chi connectivity index (χ4n) is 2.18. The molecular formula is C16H20N4O. The molecule has 21 heavy (non-hydrogen) atoms. The summed E-state index contributed by atoms with van der Waals surface area (Å²) >= 11 is 0. The minimum absolute atomic E-state index is 0.636. The van der Waals surface area contributed by atoms with Gasteiger partial charge in [0.1, 0.15) is 11.6 Å². The van der Waals surface area contributed by atoms with E-state index in [0.717, 1.165) is 36.6 Å². The number of benzene rings is 1. The summed E-state index contributed by atoms with van der Waals surface area (Å²) in [5, 5.41) is 12.4. The molecule has 0 atom stereocenters. The van der Waals surface area contributed by atoms with E-state index in [0.29, 0.717) is 12.1 Å². The van der Waals surface area contributed by atoms with Gasteiger partial charge in [0.05, 0.1) is 31.8 Å². The standard InChI is InChI=1S/C16H20N4O/c1-3-6-18-11-16-19-7-8-20(16)12-14-9-13(10-17)4-5-15(14)21-2/h4-5,7-9,18H,3,6,11-12H2,1-2H3. The zero-order valence-corrected chi connectivity index (χ0v) is 12.5. The Balaban J connectivity index is 2.18. The summed E-state index contributed by atoms with van der Waals surface area (Å²) < 4.78 is 7.44. The highest BCUT2D eigenvalue weighted by molar-refractivity contribution is 5.42. The van der Waals surface area contributed by atoms with E-state index in [2.05, 4.69) is 27.9 Å². The Morgan fingerprint density at radius 1 is 1.43 bits per heavy atom. The van der Waals surface area contributed by atoms with Gasteiger partial charge >= 0.3 is 0 Å². The first-order chi connectivity index (χ1) is 10.3. The van der Waals surface area contributed by atoms with Crippen LogP contribution >= 0.6 is 0 Å². The van der Waals surface area contributed by atoms with Crippen LogP contribution in [0, 0.1) is 11.3 Å². The Bertz CT molecular complexity index is 627. The molecule has 0 unspecified atom stereocenters. The molecule has 0 aliphatic heterocycles. The van der Waals surface area contributed by atoms with E-state index in [1.165, 1.54) is 0 Å². The number of hydrogen-bond acceptors (Lipinski definition) is 4. The maximum absolute atomic E-state index is 9.03. The van der Waals surface area contributed by atoms with Gasteiger partial charge in [0.15, 0.2) is 0 Å². The van der Waals surface area contributed by atoms with Crippen LogP contribution in [0.1, 0.15) is 30.3 Å². The van der Waals surface area contributed by atoms with Crippen LogP contribution in [0.15, 0.2) is 30.6 Å². The topological polar surface area (TPSA) is 62.9 Å². The van der Waals surface area contributed by atoms with E-state index in [-0.39, 0.29) is 0 Å². The number of methoxy groups -OCH3 is 1. The molecule has 1 N–H and O–H groups in total. The fourth-order valence-corrected chi connectivity index (χ4v) is 2.18. The highest BCUT2D eigenvalue weighted by Crippen LogP contribution is 2.21. The SMILES string of the molecule is CCCNCc1nccn1Cc1cc(C#N)ccc1OC. The first-order valence-electron chi connectivity index (χ1n) is 7.06. The van der Waals surface area contributed by atoms with Gasteiger partial charge in [0.2, 0.25) is 0 Å². The molecule has 0 fully saturated rings. The van der Waals surface area contributed by atoms with E-state index in [4.69, 9.17) is 10.00 Å². The van der Waals surface area contributed by atoms with Crippen molar-refractivity contribution in [2.45, 2.75) is 26.4 Å². The summed E-state index contributed by atoms with van der Waals surface area (Å²) in [6, 6.07) is 7.62. The molecule has 0 saturated carbocycles. The second-order valence-electron chi connectivity index (χ2n) is 4.79. The third-order valence-electron chi connectivity index (χ3n) is 3.26. The number of nitrogens with zero attached hydrogens (tertiary/aromatic N) is 3. The van der Waals surface area contributed by atoms with Crippen LogP contribution in [-0.4, -0.2) is 23.2 Å². The van der Waals surface area contributed by atoms with Gasteiger partial charge in [-0.1, -0.05) is 6.92 Å². The number of nitriles is 1. The lowest BCUT2D eigenvalue weighted by Gasteiger charge is -2.12. The smallest absolute Gasteiger partial charge is 0.123 e. The predicted octanol–water partition coefficient (Wildman–Crippen LogP) is 2.31. The molecule has 1 aromatic carbocycles. The molecule has 1 aromatic heterocycles. The zero-order valence-electron chi connectivity index (χ0n) is 12.5. The van der Waals surface area contributed by atoms with Crippen molar-refractivity contribution in [1.29, 1.82) is 5.26 Å². The van der Waals surface area contributed by atoms with Crippen molar-refractivity contribution in [3.63, 3.8) is 0 Å². The van der Waals surface area contributed by atoms with Crippen LogP contribution in [0.5, 0.6) is 5.75 Å². The lowest BCUT2D eigenvalue weighted by molar-refractivity contribution is 0.408. The molecule has 1 heterocycles. The van der Waals surface area contributed by atoms with Crippen molar-refractivity contribution in [2.24, 2.45) is 0 Å². The molecule has 5 nitrogen and oxygen atoms in total. The van der Waals surface area contributed by atoms with Crippen LogP contribution in [-0.2, 0) is 13.1 Å². The average molecular weight is 284 g/mol. The van der Waals surface area contributed by atoms with Gasteiger partial charge < -0.3 is 14.6 Å². The third-order valence-corrected chi connectivity index (χ3v) is 3.26. The predicted molar refractivity (Wildman–Crippen MR) is 81.0 cm³/mol. The summed E-state index contributed by atoms with van der Waals surface area (Å²) in [6.45, 7) is 4.49. The van der Waals surface area contributed by atoms with Crippen molar-refractivity contribution in [2.75, 3.05) is 13.7 Å². The molecule has 2 rings (SSSR count). The van der Waals surface area contributed by atoms with Crippen LogP contribution < -0.4 is 10.1 Å². The summed E-state index contributed by atoms with van der Waals surface area (Å²) in [4.78, 5) is 4.38. The lowest BCUT2D eigenvalue weighted by Crippen LogP contribution is -2.18. The third kappa shape index (κ3) is 3.83. The average Bonchev–Trinajstić information content (AvgIpc) is 2.95. The van der Waals surface area contributed by atoms with E-state index in [1.807, 2.05) is 18.3 Å². The summed E-state index contributed by atoms with van der Waals surface area (Å²) in [7, 11) is 1.64. The first-order valence-corrected chi connectivity index (χ1v) is 7.06. The molecule has 110 valence electrons. The highest BCUT2D eigenvalue weighted by Gasteiger charge is 2.08. The molecule has 0 saturated heterocycles. The van der Waals surface area contributed by atoms with Crippen molar-refractivity contribution in [1.82, 2.24) is 14.9 Å². The minimum Gasteiger partial charge on any atom is -0.496 e. The Hall–Kier alpha value is -2.32. The number of rotatable bonds is 7. The zero-order chi connectivity index (χ0) is 15.1. The normalized spacial score (nSPS) is 10.3. The number of hydrogen-bond donors (Lipinski definition) is 1. The molecule has 5 heteroatoms. The van der Waals surface area contributed by atoms with Gasteiger partial charge in [0, 0.05) is 18.0 Å². The van der Waals surface area contributed by atoms with Crippen LogP contribution in [0.25, 0.3) is 0 Å². The van der Waals surface area contributed by atoms with Gasteiger partial charge in [-0.15, -0.1) is 0 Å². The van der Waals surface area contributed by atoms with Crippen LogP contribution in [0.3, 0.4) is 0 Å². The second-order valence-corrected chi connectivity index (χ2v) is 4.79. The van der Waals surface area contributed by atoms with Crippen molar-refractivity contribution in [3.05, 3.63) is 47.5 Å². The quantitative estimate of drug-likeness (QED) is 0.793. The van der Waals surface area contributed by atoms with Crippen LogP contribution in [0.2, 0.25) is 0 Å². The van der Waals surface area contributed by atoms with Gasteiger partial charge in [-0.25, -0.2) is 4.98 Å². The molecule has 0 aliphatic rings. The van der Waals surface area contributed by atoms with Crippen molar-refractivity contribution in [3.8, 4) is 11.8 Å². The van der Waals surface area contributed by atoms with E-state index >= 15 is 0 Å². The largest absolute Gasteiger partial charge is 0.496 e. The van der Waals surface area contributed by atoms with Crippen molar-refractivity contribution >= 4 is 0 Å². The van der Waals surface area contributed by atoms with Crippen molar-refractivity contribution < 1.29 is 4.74 Å². The maximum Gasteiger partial charge on any atom is 0.123 e. The van der Waals surface area contributed by atoms with Gasteiger partial charge in [-0.3, -0.25) is 0 Å². The monoisotopic (exact) mass is 284 g/mol. The summed E-state index contributed by atoms with van der Waals surface area (Å²) in [6.07, 6.45) is 4.84. The molecule has 0 amide bonds. The van der Waals surface area contributed by atoms with E-state index in [1.54, 1.807) is 19.4 Å². The highest BCUT2D eigenvalue weighted by atomic mass is 16.5. The molecule has 0 aliphatic carbocycles. The second kappa shape index (κ2) is 7.46. The molecule has 2 aromatic rings. The Morgan fingerprint density at radius 2 is 2.29 bits per heavy atom.